The summed E-state index contributed by atoms with van der Waals surface area (Å²) in [5.74, 6) is 0.868. The number of ether oxygens (including phenoxy) is 3. The number of amides is 1. The second kappa shape index (κ2) is 6.56. The van der Waals surface area contributed by atoms with Crippen molar-refractivity contribution >= 4 is 11.9 Å². The number of nitrogens with one attached hydrogen (secondary N) is 1. The first-order valence-electron chi connectivity index (χ1n) is 7.33. The van der Waals surface area contributed by atoms with Crippen molar-refractivity contribution in [2.24, 2.45) is 0 Å². The monoisotopic (exact) mass is 315 g/mol. The first kappa shape index (κ1) is 15.1. The van der Waals surface area contributed by atoms with Gasteiger partial charge in [-0.05, 0) is 30.3 Å². The van der Waals surface area contributed by atoms with Gasteiger partial charge in [-0.1, -0.05) is 6.08 Å². The van der Waals surface area contributed by atoms with Gasteiger partial charge in [-0.3, -0.25) is 4.79 Å². The topological polar surface area (TPSA) is 73.9 Å². The summed E-state index contributed by atoms with van der Waals surface area (Å²) in [5, 5.41) is 2.92. The van der Waals surface area contributed by atoms with Crippen molar-refractivity contribution in [3.05, 3.63) is 59.1 Å². The first-order chi connectivity index (χ1) is 11.2. The molecule has 1 aliphatic heterocycles. The molecular formula is C17H17NO5. The lowest BCUT2D eigenvalue weighted by atomic mass is 10.0. The van der Waals surface area contributed by atoms with Crippen LogP contribution < -0.4 is 5.32 Å². The molecule has 1 aliphatic carbocycles. The van der Waals surface area contributed by atoms with Gasteiger partial charge in [0.1, 0.15) is 19.0 Å². The summed E-state index contributed by atoms with van der Waals surface area (Å²) in [5.41, 5.74) is 0.885. The van der Waals surface area contributed by atoms with Crippen molar-refractivity contribution in [1.29, 1.82) is 0 Å². The number of allylic oxidation sites excluding steroid dienone is 1. The number of hydrogen-bond acceptors (Lipinski definition) is 5. The average Bonchev–Trinajstić information content (AvgIpc) is 2.61. The summed E-state index contributed by atoms with van der Waals surface area (Å²) in [7, 11) is 1.32. The number of benzene rings is 1. The van der Waals surface area contributed by atoms with Gasteiger partial charge in [0.05, 0.1) is 18.7 Å². The lowest BCUT2D eigenvalue weighted by molar-refractivity contribution is 0.0598. The summed E-state index contributed by atoms with van der Waals surface area (Å²) in [4.78, 5) is 23.7. The van der Waals surface area contributed by atoms with E-state index in [4.69, 9.17) is 9.47 Å². The third-order valence-corrected chi connectivity index (χ3v) is 3.66. The molecule has 1 atom stereocenters. The van der Waals surface area contributed by atoms with E-state index in [0.717, 1.165) is 11.5 Å². The van der Waals surface area contributed by atoms with E-state index in [1.54, 1.807) is 24.3 Å². The van der Waals surface area contributed by atoms with Gasteiger partial charge in [-0.25, -0.2) is 4.79 Å². The number of methoxy groups -OCH3 is 1. The largest absolute Gasteiger partial charge is 0.490 e. The minimum atomic E-state index is -0.430. The second-order valence-corrected chi connectivity index (χ2v) is 5.20. The molecule has 1 aromatic carbocycles. The summed E-state index contributed by atoms with van der Waals surface area (Å²) in [6.07, 6.45) is 4.27. The molecule has 3 rings (SSSR count). The lowest BCUT2D eigenvalue weighted by Crippen LogP contribution is -2.36. The summed E-state index contributed by atoms with van der Waals surface area (Å²) >= 11 is 0. The van der Waals surface area contributed by atoms with E-state index in [-0.39, 0.29) is 11.9 Å². The minimum absolute atomic E-state index is 0.150. The lowest BCUT2D eigenvalue weighted by Gasteiger charge is -2.26. The molecule has 1 N–H and O–H groups in total. The fourth-order valence-corrected chi connectivity index (χ4v) is 2.47. The SMILES string of the molecule is COC(=O)c1ccc(C(=O)NC2C=CC3=C(C2)OCCO3)cc1. The standard InChI is InChI=1S/C17H17NO5/c1-21-17(20)12-4-2-11(3-5-12)16(19)18-13-6-7-14-15(10-13)23-9-8-22-14/h2-7,13H,8-10H2,1H3,(H,18,19). The predicted octanol–water partition coefficient (Wildman–Crippen LogP) is 1.79. The molecule has 0 bridgehead atoms. The van der Waals surface area contributed by atoms with Crippen LogP contribution in [0.15, 0.2) is 47.9 Å². The Morgan fingerprint density at radius 2 is 1.83 bits per heavy atom. The highest BCUT2D eigenvalue weighted by Crippen LogP contribution is 2.24. The molecule has 6 heteroatoms. The number of carbonyl (C=O) groups is 2. The Morgan fingerprint density at radius 3 is 2.57 bits per heavy atom. The summed E-state index contributed by atoms with van der Waals surface area (Å²) in [6, 6.07) is 6.17. The molecule has 1 aromatic rings. The van der Waals surface area contributed by atoms with Crippen LogP contribution >= 0.6 is 0 Å². The van der Waals surface area contributed by atoms with Crippen LogP contribution in [0.1, 0.15) is 27.1 Å². The molecule has 0 radical (unpaired) electrons. The highest BCUT2D eigenvalue weighted by Gasteiger charge is 2.23. The van der Waals surface area contributed by atoms with Crippen LogP contribution in [0.25, 0.3) is 0 Å². The third kappa shape index (κ3) is 3.36. The van der Waals surface area contributed by atoms with Crippen LogP contribution in [0.3, 0.4) is 0 Å². The summed E-state index contributed by atoms with van der Waals surface area (Å²) < 4.78 is 15.7. The molecule has 0 saturated carbocycles. The normalized spacial score (nSPS) is 19.3. The first-order valence-corrected chi connectivity index (χ1v) is 7.33. The molecule has 0 spiro atoms. The predicted molar refractivity (Wildman–Crippen MR) is 81.7 cm³/mol. The van der Waals surface area contributed by atoms with Crippen LogP contribution in [-0.4, -0.2) is 38.2 Å². The van der Waals surface area contributed by atoms with E-state index in [2.05, 4.69) is 10.1 Å². The van der Waals surface area contributed by atoms with Crippen molar-refractivity contribution in [2.75, 3.05) is 20.3 Å². The van der Waals surface area contributed by atoms with Crippen molar-refractivity contribution in [2.45, 2.75) is 12.5 Å². The number of rotatable bonds is 3. The molecule has 1 amide bonds. The minimum Gasteiger partial charge on any atom is -0.490 e. The van der Waals surface area contributed by atoms with Crippen LogP contribution in [0, 0.1) is 0 Å². The second-order valence-electron chi connectivity index (χ2n) is 5.20. The smallest absolute Gasteiger partial charge is 0.337 e. The molecule has 0 fully saturated rings. The number of hydrogen-bond donors (Lipinski definition) is 1. The fourth-order valence-electron chi connectivity index (χ4n) is 2.47. The van der Waals surface area contributed by atoms with Crippen LogP contribution in [0.5, 0.6) is 0 Å². The molecule has 1 unspecified atom stereocenters. The molecule has 23 heavy (non-hydrogen) atoms. The van der Waals surface area contributed by atoms with E-state index >= 15 is 0 Å². The Kier molecular flexibility index (Phi) is 4.32. The fraction of sp³-hybridized carbons (Fsp3) is 0.294. The van der Waals surface area contributed by atoms with E-state index in [0.29, 0.717) is 30.8 Å². The Labute approximate surface area is 133 Å². The highest BCUT2D eigenvalue weighted by atomic mass is 16.6. The van der Waals surface area contributed by atoms with Gasteiger partial charge in [0.2, 0.25) is 0 Å². The Morgan fingerprint density at radius 1 is 1.13 bits per heavy atom. The zero-order valence-electron chi connectivity index (χ0n) is 12.7. The van der Waals surface area contributed by atoms with E-state index < -0.39 is 5.97 Å². The van der Waals surface area contributed by atoms with E-state index in [9.17, 15) is 9.59 Å². The molecule has 120 valence electrons. The van der Waals surface area contributed by atoms with Crippen LogP contribution in [0.4, 0.5) is 0 Å². The van der Waals surface area contributed by atoms with E-state index in [1.165, 1.54) is 7.11 Å². The molecular weight excluding hydrogens is 298 g/mol. The van der Waals surface area contributed by atoms with Crippen molar-refractivity contribution in [3.63, 3.8) is 0 Å². The van der Waals surface area contributed by atoms with E-state index in [1.807, 2.05) is 12.2 Å². The zero-order chi connectivity index (χ0) is 16.2. The molecule has 0 saturated heterocycles. The molecule has 1 heterocycles. The maximum Gasteiger partial charge on any atom is 0.337 e. The van der Waals surface area contributed by atoms with Crippen molar-refractivity contribution in [3.8, 4) is 0 Å². The Hall–Kier alpha value is -2.76. The zero-order valence-corrected chi connectivity index (χ0v) is 12.7. The quantitative estimate of drug-likeness (QED) is 0.861. The van der Waals surface area contributed by atoms with Gasteiger partial charge >= 0.3 is 5.97 Å². The molecule has 2 aliphatic rings. The summed E-state index contributed by atoms with van der Waals surface area (Å²) in [6.45, 7) is 1.08. The highest BCUT2D eigenvalue weighted by molar-refractivity contribution is 5.96. The van der Waals surface area contributed by atoms with Gasteiger partial charge in [0.15, 0.2) is 5.76 Å². The van der Waals surface area contributed by atoms with Gasteiger partial charge in [-0.15, -0.1) is 0 Å². The van der Waals surface area contributed by atoms with Crippen molar-refractivity contribution in [1.82, 2.24) is 5.32 Å². The third-order valence-electron chi connectivity index (χ3n) is 3.66. The number of carbonyl (C=O) groups excluding carboxylic acids is 2. The van der Waals surface area contributed by atoms with Gasteiger partial charge in [0, 0.05) is 12.0 Å². The van der Waals surface area contributed by atoms with Crippen LogP contribution in [-0.2, 0) is 14.2 Å². The van der Waals surface area contributed by atoms with Crippen molar-refractivity contribution < 1.29 is 23.8 Å². The Bertz CT molecular complexity index is 675. The van der Waals surface area contributed by atoms with Crippen LogP contribution in [0.2, 0.25) is 0 Å². The maximum atomic E-state index is 12.3. The van der Waals surface area contributed by atoms with Gasteiger partial charge in [-0.2, -0.15) is 0 Å². The molecule has 0 aromatic heterocycles. The molecule has 6 nitrogen and oxygen atoms in total. The van der Waals surface area contributed by atoms with Gasteiger partial charge < -0.3 is 19.5 Å². The Balaban J connectivity index is 1.62. The average molecular weight is 315 g/mol. The van der Waals surface area contributed by atoms with Gasteiger partial charge in [0.25, 0.3) is 5.91 Å². The maximum absolute atomic E-state index is 12.3. The number of esters is 1.